The van der Waals surface area contributed by atoms with E-state index in [1.54, 1.807) is 6.92 Å². The highest BCUT2D eigenvalue weighted by Gasteiger charge is 2.24. The zero-order chi connectivity index (χ0) is 13.7. The van der Waals surface area contributed by atoms with Crippen LogP contribution in [0.25, 0.3) is 0 Å². The van der Waals surface area contributed by atoms with Crippen molar-refractivity contribution in [1.82, 2.24) is 5.32 Å². The Balaban J connectivity index is 2.64. The van der Waals surface area contributed by atoms with Gasteiger partial charge >= 0.3 is 5.97 Å². The Morgan fingerprint density at radius 3 is 2.50 bits per heavy atom. The third kappa shape index (κ3) is 4.14. The largest absolute Gasteiger partial charge is 0.480 e. The molecule has 2 atom stereocenters. The summed E-state index contributed by atoms with van der Waals surface area (Å²) in [6.07, 6.45) is 0.443. The number of rotatable bonds is 6. The van der Waals surface area contributed by atoms with E-state index < -0.39 is 12.0 Å². The van der Waals surface area contributed by atoms with Crippen molar-refractivity contribution >= 4 is 23.2 Å². The molecule has 0 aliphatic heterocycles. The zero-order valence-electron chi connectivity index (χ0n) is 10.8. The van der Waals surface area contributed by atoms with Crippen LogP contribution in [0.5, 0.6) is 0 Å². The SMILES string of the molecule is CC(C)C[C@@H](NC(=O)C(C)c1cccs1)C(=O)O. The Morgan fingerprint density at radius 2 is 2.06 bits per heavy atom. The van der Waals surface area contributed by atoms with Gasteiger partial charge in [-0.1, -0.05) is 19.9 Å². The summed E-state index contributed by atoms with van der Waals surface area (Å²) in [4.78, 5) is 24.0. The first-order valence-corrected chi connectivity index (χ1v) is 6.86. The minimum atomic E-state index is -0.976. The fraction of sp³-hybridized carbons (Fsp3) is 0.538. The van der Waals surface area contributed by atoms with Gasteiger partial charge in [-0.2, -0.15) is 0 Å². The van der Waals surface area contributed by atoms with E-state index in [4.69, 9.17) is 5.11 Å². The predicted molar refractivity (Wildman–Crippen MR) is 71.8 cm³/mol. The number of nitrogens with one attached hydrogen (secondary N) is 1. The van der Waals surface area contributed by atoms with Crippen molar-refractivity contribution < 1.29 is 14.7 Å². The number of carbonyl (C=O) groups is 2. The van der Waals surface area contributed by atoms with Crippen molar-refractivity contribution in [2.75, 3.05) is 0 Å². The molecule has 1 heterocycles. The summed E-state index contributed by atoms with van der Waals surface area (Å²) < 4.78 is 0. The van der Waals surface area contributed by atoms with Gasteiger partial charge in [-0.3, -0.25) is 4.79 Å². The van der Waals surface area contributed by atoms with Crippen molar-refractivity contribution in [3.63, 3.8) is 0 Å². The van der Waals surface area contributed by atoms with Crippen molar-refractivity contribution in [2.24, 2.45) is 5.92 Å². The molecular formula is C13H19NO3S. The highest BCUT2D eigenvalue weighted by atomic mass is 32.1. The summed E-state index contributed by atoms with van der Waals surface area (Å²) in [5.74, 6) is -1.29. The molecule has 4 nitrogen and oxygen atoms in total. The van der Waals surface area contributed by atoms with E-state index in [1.165, 1.54) is 11.3 Å². The molecule has 0 spiro atoms. The molecule has 100 valence electrons. The van der Waals surface area contributed by atoms with Gasteiger partial charge in [0.15, 0.2) is 0 Å². The molecule has 1 aromatic rings. The second-order valence-corrected chi connectivity index (χ2v) is 5.75. The van der Waals surface area contributed by atoms with Crippen LogP contribution in [-0.4, -0.2) is 23.0 Å². The number of carboxylic acids is 1. The third-order valence-corrected chi connectivity index (χ3v) is 3.74. The van der Waals surface area contributed by atoms with E-state index >= 15 is 0 Å². The fourth-order valence-electron chi connectivity index (χ4n) is 1.66. The van der Waals surface area contributed by atoms with Crippen LogP contribution in [0, 0.1) is 5.92 Å². The lowest BCUT2D eigenvalue weighted by Crippen LogP contribution is -2.43. The summed E-state index contributed by atoms with van der Waals surface area (Å²) in [5, 5.41) is 13.6. The number of aliphatic carboxylic acids is 1. The molecule has 0 fully saturated rings. The van der Waals surface area contributed by atoms with E-state index in [-0.39, 0.29) is 17.7 Å². The number of carbonyl (C=O) groups excluding carboxylic acids is 1. The van der Waals surface area contributed by atoms with Gasteiger partial charge in [0.2, 0.25) is 5.91 Å². The van der Waals surface area contributed by atoms with Crippen LogP contribution in [-0.2, 0) is 9.59 Å². The molecule has 0 saturated heterocycles. The van der Waals surface area contributed by atoms with Crippen LogP contribution in [0.15, 0.2) is 17.5 Å². The van der Waals surface area contributed by atoms with Gasteiger partial charge in [-0.15, -0.1) is 11.3 Å². The van der Waals surface area contributed by atoms with E-state index in [9.17, 15) is 9.59 Å². The van der Waals surface area contributed by atoms with Gasteiger partial charge in [0.05, 0.1) is 5.92 Å². The summed E-state index contributed by atoms with van der Waals surface area (Å²) in [6.45, 7) is 5.66. The molecular weight excluding hydrogens is 250 g/mol. The smallest absolute Gasteiger partial charge is 0.326 e. The second kappa shape index (κ2) is 6.54. The summed E-state index contributed by atoms with van der Waals surface area (Å²) in [5.41, 5.74) is 0. The average Bonchev–Trinajstić information content (AvgIpc) is 2.79. The average molecular weight is 269 g/mol. The van der Waals surface area contributed by atoms with Gasteiger partial charge in [-0.05, 0) is 30.7 Å². The molecule has 1 aromatic heterocycles. The number of hydrogen-bond acceptors (Lipinski definition) is 3. The Labute approximate surface area is 111 Å². The van der Waals surface area contributed by atoms with Crippen LogP contribution < -0.4 is 5.32 Å². The molecule has 18 heavy (non-hydrogen) atoms. The van der Waals surface area contributed by atoms with Crippen LogP contribution in [0.3, 0.4) is 0 Å². The molecule has 2 N–H and O–H groups in total. The van der Waals surface area contributed by atoms with Gasteiger partial charge in [0.25, 0.3) is 0 Å². The van der Waals surface area contributed by atoms with E-state index in [0.717, 1.165) is 4.88 Å². The Bertz CT molecular complexity index is 400. The van der Waals surface area contributed by atoms with Crippen LogP contribution in [0.1, 0.15) is 38.0 Å². The number of thiophene rings is 1. The minimum absolute atomic E-state index is 0.225. The second-order valence-electron chi connectivity index (χ2n) is 4.77. The highest BCUT2D eigenvalue weighted by molar-refractivity contribution is 7.10. The standard InChI is InChI=1S/C13H19NO3S/c1-8(2)7-10(13(16)17)14-12(15)9(3)11-5-4-6-18-11/h4-6,8-10H,7H2,1-3H3,(H,14,15)(H,16,17)/t9?,10-/m1/s1. The van der Waals surface area contributed by atoms with Crippen LogP contribution in [0.4, 0.5) is 0 Å². The molecule has 1 unspecified atom stereocenters. The minimum Gasteiger partial charge on any atom is -0.480 e. The van der Waals surface area contributed by atoms with Crippen molar-refractivity contribution in [1.29, 1.82) is 0 Å². The fourth-order valence-corrected chi connectivity index (χ4v) is 2.44. The lowest BCUT2D eigenvalue weighted by molar-refractivity contribution is -0.142. The maximum absolute atomic E-state index is 12.0. The first-order valence-electron chi connectivity index (χ1n) is 5.98. The first kappa shape index (κ1) is 14.7. The predicted octanol–water partition coefficient (Wildman–Crippen LogP) is 2.47. The van der Waals surface area contributed by atoms with Crippen molar-refractivity contribution in [2.45, 2.75) is 39.2 Å². The Hall–Kier alpha value is -1.36. The first-order chi connectivity index (χ1) is 8.41. The van der Waals surface area contributed by atoms with Gasteiger partial charge in [-0.25, -0.2) is 4.79 Å². The number of carboxylic acid groups (broad SMARTS) is 1. The molecule has 0 aliphatic carbocycles. The maximum atomic E-state index is 12.0. The van der Waals surface area contributed by atoms with E-state index in [2.05, 4.69) is 5.32 Å². The zero-order valence-corrected chi connectivity index (χ0v) is 11.7. The molecule has 0 bridgehead atoms. The van der Waals surface area contributed by atoms with Crippen molar-refractivity contribution in [3.8, 4) is 0 Å². The maximum Gasteiger partial charge on any atom is 0.326 e. The Kier molecular flexibility index (Phi) is 5.34. The lowest BCUT2D eigenvalue weighted by Gasteiger charge is -2.18. The van der Waals surface area contributed by atoms with Crippen LogP contribution >= 0.6 is 11.3 Å². The molecule has 0 saturated carbocycles. The van der Waals surface area contributed by atoms with Crippen LogP contribution in [0.2, 0.25) is 0 Å². The highest BCUT2D eigenvalue weighted by Crippen LogP contribution is 2.21. The van der Waals surface area contributed by atoms with E-state index in [0.29, 0.717) is 6.42 Å². The third-order valence-electron chi connectivity index (χ3n) is 2.68. The molecule has 5 heteroatoms. The Morgan fingerprint density at radius 1 is 1.39 bits per heavy atom. The monoisotopic (exact) mass is 269 g/mol. The van der Waals surface area contributed by atoms with Gasteiger partial charge < -0.3 is 10.4 Å². The van der Waals surface area contributed by atoms with Gasteiger partial charge in [0.1, 0.15) is 6.04 Å². The topological polar surface area (TPSA) is 66.4 Å². The molecule has 0 aliphatic rings. The lowest BCUT2D eigenvalue weighted by atomic mass is 10.0. The molecule has 1 rings (SSSR count). The summed E-state index contributed by atoms with van der Waals surface area (Å²) >= 11 is 1.50. The summed E-state index contributed by atoms with van der Waals surface area (Å²) in [7, 11) is 0. The normalized spacial score (nSPS) is 14.2. The van der Waals surface area contributed by atoms with Crippen molar-refractivity contribution in [3.05, 3.63) is 22.4 Å². The molecule has 0 radical (unpaired) electrons. The summed E-state index contributed by atoms with van der Waals surface area (Å²) in [6, 6.07) is 2.96. The number of hydrogen-bond donors (Lipinski definition) is 2. The quantitative estimate of drug-likeness (QED) is 0.833. The number of amides is 1. The van der Waals surface area contributed by atoms with Gasteiger partial charge in [0, 0.05) is 4.88 Å². The molecule has 0 aromatic carbocycles. The van der Waals surface area contributed by atoms with E-state index in [1.807, 2.05) is 31.4 Å². The molecule has 1 amide bonds.